The zero-order chi connectivity index (χ0) is 14.3. The first-order chi connectivity index (χ1) is 9.06. The summed E-state index contributed by atoms with van der Waals surface area (Å²) in [6.45, 7) is 16.5. The van der Waals surface area contributed by atoms with Crippen LogP contribution < -0.4 is 10.6 Å². The number of rotatable bonds is 6. The van der Waals surface area contributed by atoms with Gasteiger partial charge in [-0.1, -0.05) is 20.8 Å². The maximum atomic E-state index is 4.75. The van der Waals surface area contributed by atoms with Crippen molar-refractivity contribution in [1.82, 2.24) is 15.5 Å². The molecule has 1 aliphatic heterocycles. The molecule has 0 saturated carbocycles. The Hall–Kier alpha value is -0.770. The first-order valence-electron chi connectivity index (χ1n) is 7.84. The molecule has 112 valence electrons. The molecule has 2 atom stereocenters. The van der Waals surface area contributed by atoms with Gasteiger partial charge in [0.15, 0.2) is 5.96 Å². The van der Waals surface area contributed by atoms with Crippen LogP contribution >= 0.6 is 0 Å². The van der Waals surface area contributed by atoms with Crippen LogP contribution in [0.1, 0.15) is 41.0 Å². The van der Waals surface area contributed by atoms with Crippen LogP contribution in [-0.2, 0) is 0 Å². The van der Waals surface area contributed by atoms with Crippen LogP contribution in [-0.4, -0.2) is 49.6 Å². The molecule has 0 aromatic rings. The number of likely N-dealkylation sites (tertiary alicyclic amines) is 1. The zero-order valence-corrected chi connectivity index (χ0v) is 13.4. The Morgan fingerprint density at radius 1 is 1.32 bits per heavy atom. The van der Waals surface area contributed by atoms with Gasteiger partial charge in [0.25, 0.3) is 0 Å². The summed E-state index contributed by atoms with van der Waals surface area (Å²) >= 11 is 0. The molecule has 1 aliphatic rings. The topological polar surface area (TPSA) is 39.7 Å². The van der Waals surface area contributed by atoms with Gasteiger partial charge in [-0.15, -0.1) is 0 Å². The number of nitrogens with one attached hydrogen (secondary N) is 2. The van der Waals surface area contributed by atoms with E-state index in [2.05, 4.69) is 50.2 Å². The fraction of sp³-hybridized carbons (Fsp3) is 0.933. The average molecular weight is 268 g/mol. The number of aliphatic imine (C=N–C) groups is 1. The Bertz CT molecular complexity index is 275. The summed E-state index contributed by atoms with van der Waals surface area (Å²) in [6.07, 6.45) is 1.29. The van der Waals surface area contributed by atoms with Crippen molar-refractivity contribution in [3.8, 4) is 0 Å². The molecule has 4 heteroatoms. The Balaban J connectivity index is 2.44. The van der Waals surface area contributed by atoms with Crippen molar-refractivity contribution in [2.45, 2.75) is 47.1 Å². The molecule has 0 aromatic carbocycles. The van der Waals surface area contributed by atoms with Gasteiger partial charge >= 0.3 is 0 Å². The van der Waals surface area contributed by atoms with E-state index < -0.39 is 0 Å². The fourth-order valence-electron chi connectivity index (χ4n) is 2.27. The van der Waals surface area contributed by atoms with Crippen LogP contribution in [0.2, 0.25) is 0 Å². The van der Waals surface area contributed by atoms with Gasteiger partial charge in [0.05, 0.1) is 0 Å². The Morgan fingerprint density at radius 3 is 2.58 bits per heavy atom. The van der Waals surface area contributed by atoms with E-state index >= 15 is 0 Å². The molecule has 0 bridgehead atoms. The highest BCUT2D eigenvalue weighted by Gasteiger charge is 2.20. The molecule has 2 unspecified atom stereocenters. The van der Waals surface area contributed by atoms with E-state index in [9.17, 15) is 0 Å². The maximum absolute atomic E-state index is 4.75. The van der Waals surface area contributed by atoms with Crippen LogP contribution in [0.25, 0.3) is 0 Å². The van der Waals surface area contributed by atoms with E-state index in [1.807, 2.05) is 0 Å². The van der Waals surface area contributed by atoms with Gasteiger partial charge < -0.3 is 15.5 Å². The minimum absolute atomic E-state index is 0.452. The number of guanidine groups is 1. The SMILES string of the molecule is CCNC(=NCC1CCN(CC)C1)NC(C)C(C)C. The number of nitrogens with zero attached hydrogens (tertiary/aromatic N) is 2. The van der Waals surface area contributed by atoms with E-state index in [0.717, 1.165) is 25.0 Å². The Kier molecular flexibility index (Phi) is 7.21. The summed E-state index contributed by atoms with van der Waals surface area (Å²) in [5.74, 6) is 2.31. The van der Waals surface area contributed by atoms with Crippen molar-refractivity contribution < 1.29 is 0 Å². The quantitative estimate of drug-likeness (QED) is 0.571. The van der Waals surface area contributed by atoms with Gasteiger partial charge in [0, 0.05) is 25.7 Å². The predicted molar refractivity (Wildman–Crippen MR) is 83.6 cm³/mol. The molecule has 0 amide bonds. The monoisotopic (exact) mass is 268 g/mol. The highest BCUT2D eigenvalue weighted by molar-refractivity contribution is 5.80. The second kappa shape index (κ2) is 8.41. The lowest BCUT2D eigenvalue weighted by Gasteiger charge is -2.21. The van der Waals surface area contributed by atoms with Crippen LogP contribution in [0.3, 0.4) is 0 Å². The van der Waals surface area contributed by atoms with Gasteiger partial charge in [-0.25, -0.2) is 0 Å². The summed E-state index contributed by atoms with van der Waals surface area (Å²) in [6, 6.07) is 0.452. The van der Waals surface area contributed by atoms with E-state index in [0.29, 0.717) is 12.0 Å². The van der Waals surface area contributed by atoms with Gasteiger partial charge in [0.1, 0.15) is 0 Å². The molecule has 0 aromatic heterocycles. The Morgan fingerprint density at radius 2 is 2.05 bits per heavy atom. The lowest BCUT2D eigenvalue weighted by molar-refractivity contribution is 0.343. The minimum Gasteiger partial charge on any atom is -0.357 e. The van der Waals surface area contributed by atoms with Crippen LogP contribution in [0, 0.1) is 11.8 Å². The van der Waals surface area contributed by atoms with E-state index in [1.54, 1.807) is 0 Å². The predicted octanol–water partition coefficient (Wildman–Crippen LogP) is 1.93. The van der Waals surface area contributed by atoms with E-state index in [4.69, 9.17) is 4.99 Å². The van der Waals surface area contributed by atoms with Gasteiger partial charge in [-0.2, -0.15) is 0 Å². The zero-order valence-electron chi connectivity index (χ0n) is 13.4. The largest absolute Gasteiger partial charge is 0.357 e. The highest BCUT2D eigenvalue weighted by Crippen LogP contribution is 2.15. The standard InChI is InChI=1S/C15H32N4/c1-6-16-15(18-13(5)12(3)4)17-10-14-8-9-19(7-2)11-14/h12-14H,6-11H2,1-5H3,(H2,16,17,18). The molecule has 1 rings (SSSR count). The fourth-order valence-corrected chi connectivity index (χ4v) is 2.27. The summed E-state index contributed by atoms with van der Waals surface area (Å²) < 4.78 is 0. The van der Waals surface area contributed by atoms with Crippen molar-refractivity contribution in [3.63, 3.8) is 0 Å². The number of hydrogen-bond acceptors (Lipinski definition) is 2. The van der Waals surface area contributed by atoms with E-state index in [-0.39, 0.29) is 0 Å². The van der Waals surface area contributed by atoms with Gasteiger partial charge in [0.2, 0.25) is 0 Å². The molecule has 0 spiro atoms. The van der Waals surface area contributed by atoms with Crippen LogP contribution in [0.15, 0.2) is 4.99 Å². The van der Waals surface area contributed by atoms with E-state index in [1.165, 1.54) is 26.1 Å². The minimum atomic E-state index is 0.452. The molecule has 4 nitrogen and oxygen atoms in total. The molecule has 0 radical (unpaired) electrons. The average Bonchev–Trinajstić information content (AvgIpc) is 2.84. The highest BCUT2D eigenvalue weighted by atomic mass is 15.2. The lowest BCUT2D eigenvalue weighted by atomic mass is 10.1. The molecular weight excluding hydrogens is 236 g/mol. The normalized spacial score (nSPS) is 22.8. The van der Waals surface area contributed by atoms with Crippen LogP contribution in [0.5, 0.6) is 0 Å². The van der Waals surface area contributed by atoms with Crippen molar-refractivity contribution in [1.29, 1.82) is 0 Å². The molecule has 19 heavy (non-hydrogen) atoms. The smallest absolute Gasteiger partial charge is 0.191 e. The second-order valence-corrected chi connectivity index (χ2v) is 5.94. The molecule has 1 fully saturated rings. The molecule has 0 aliphatic carbocycles. The first kappa shape index (κ1) is 16.3. The Labute approximate surface area is 119 Å². The van der Waals surface area contributed by atoms with Gasteiger partial charge in [-0.3, -0.25) is 4.99 Å². The van der Waals surface area contributed by atoms with Crippen molar-refractivity contribution in [2.24, 2.45) is 16.8 Å². The molecule has 1 heterocycles. The molecule has 1 saturated heterocycles. The summed E-state index contributed by atoms with van der Waals surface area (Å²) in [4.78, 5) is 7.27. The number of hydrogen-bond donors (Lipinski definition) is 2. The van der Waals surface area contributed by atoms with Crippen molar-refractivity contribution in [2.75, 3.05) is 32.7 Å². The molecule has 2 N–H and O–H groups in total. The third kappa shape index (κ3) is 5.81. The van der Waals surface area contributed by atoms with Crippen LogP contribution in [0.4, 0.5) is 0 Å². The third-order valence-corrected chi connectivity index (χ3v) is 4.03. The first-order valence-corrected chi connectivity index (χ1v) is 7.84. The summed E-state index contributed by atoms with van der Waals surface area (Å²) in [7, 11) is 0. The lowest BCUT2D eigenvalue weighted by Crippen LogP contribution is -2.44. The summed E-state index contributed by atoms with van der Waals surface area (Å²) in [5.41, 5.74) is 0. The second-order valence-electron chi connectivity index (χ2n) is 5.94. The van der Waals surface area contributed by atoms with Crippen molar-refractivity contribution >= 4 is 5.96 Å². The summed E-state index contributed by atoms with van der Waals surface area (Å²) in [5, 5.41) is 6.83. The third-order valence-electron chi connectivity index (χ3n) is 4.03. The maximum Gasteiger partial charge on any atom is 0.191 e. The molecular formula is C15H32N4. The van der Waals surface area contributed by atoms with Gasteiger partial charge in [-0.05, 0) is 45.2 Å². The van der Waals surface area contributed by atoms with Crippen molar-refractivity contribution in [3.05, 3.63) is 0 Å².